The molecule has 33 heavy (non-hydrogen) atoms. The molecule has 2 aliphatic heterocycles. The van der Waals surface area contributed by atoms with E-state index in [1.807, 2.05) is 11.8 Å². The fraction of sp³-hybridized carbons (Fsp3) is 0.652. The highest BCUT2D eigenvalue weighted by Crippen LogP contribution is 2.12. The Morgan fingerprint density at radius 1 is 0.970 bits per heavy atom. The molecule has 9 nitrogen and oxygen atoms in total. The first-order chi connectivity index (χ1) is 15.7. The van der Waals surface area contributed by atoms with Crippen molar-refractivity contribution in [2.24, 2.45) is 5.14 Å². The second-order valence-corrected chi connectivity index (χ2v) is 10.6. The fourth-order valence-corrected chi connectivity index (χ4v) is 4.92. The molecule has 2 heterocycles. The van der Waals surface area contributed by atoms with E-state index in [4.69, 9.17) is 5.14 Å². The highest BCUT2D eigenvalue weighted by molar-refractivity contribution is 7.89. The van der Waals surface area contributed by atoms with Crippen LogP contribution < -0.4 is 10.5 Å². The van der Waals surface area contributed by atoms with Gasteiger partial charge in [0.2, 0.25) is 21.8 Å². The zero-order valence-electron chi connectivity index (χ0n) is 19.5. The van der Waals surface area contributed by atoms with Gasteiger partial charge in [-0.05, 0) is 43.9 Å². The molecule has 3 N–H and O–H groups in total. The first kappa shape index (κ1) is 25.6. The number of sulfonamides is 1. The number of amides is 2. The summed E-state index contributed by atoms with van der Waals surface area (Å²) >= 11 is 0. The predicted octanol–water partition coefficient (Wildman–Crippen LogP) is 0.401. The van der Waals surface area contributed by atoms with Gasteiger partial charge in [-0.25, -0.2) is 13.6 Å². The van der Waals surface area contributed by atoms with E-state index in [-0.39, 0.29) is 22.8 Å². The Bertz CT molecular complexity index is 890. The summed E-state index contributed by atoms with van der Waals surface area (Å²) in [4.78, 5) is 31.7. The molecular formula is C23H37N5O4S. The summed E-state index contributed by atoms with van der Waals surface area (Å²) in [5.41, 5.74) is 0.929. The largest absolute Gasteiger partial charge is 0.354 e. The molecule has 0 aromatic heterocycles. The number of nitrogens with two attached hydrogens (primary N) is 1. The minimum atomic E-state index is -3.70. The molecule has 0 unspecified atom stereocenters. The minimum Gasteiger partial charge on any atom is -0.354 e. The molecule has 3 rings (SSSR count). The van der Waals surface area contributed by atoms with Crippen LogP contribution in [-0.4, -0.2) is 93.3 Å². The lowest BCUT2D eigenvalue weighted by atomic mass is 10.1. The van der Waals surface area contributed by atoms with Crippen LogP contribution in [0.25, 0.3) is 0 Å². The molecule has 184 valence electrons. The van der Waals surface area contributed by atoms with Crippen molar-refractivity contribution in [3.63, 3.8) is 0 Å². The number of primary sulfonamides is 1. The monoisotopic (exact) mass is 479 g/mol. The third-order valence-corrected chi connectivity index (χ3v) is 7.55. The molecule has 1 atom stereocenters. The highest BCUT2D eigenvalue weighted by atomic mass is 32.2. The van der Waals surface area contributed by atoms with Crippen LogP contribution in [0.1, 0.15) is 38.2 Å². The Labute approximate surface area is 197 Å². The van der Waals surface area contributed by atoms with Gasteiger partial charge >= 0.3 is 0 Å². The maximum atomic E-state index is 12.6. The van der Waals surface area contributed by atoms with Gasteiger partial charge in [-0.15, -0.1) is 0 Å². The normalized spacial score (nSPS) is 19.6. The molecule has 0 radical (unpaired) electrons. The van der Waals surface area contributed by atoms with Gasteiger partial charge in [0.05, 0.1) is 17.5 Å². The number of hydrogen-bond donors (Lipinski definition) is 2. The fourth-order valence-electron chi connectivity index (χ4n) is 4.41. The third kappa shape index (κ3) is 7.77. The summed E-state index contributed by atoms with van der Waals surface area (Å²) in [5, 5.41) is 8.08. The average molecular weight is 480 g/mol. The lowest BCUT2D eigenvalue weighted by molar-refractivity contribution is -0.133. The van der Waals surface area contributed by atoms with Crippen LogP contribution in [-0.2, 0) is 26.0 Å². The lowest BCUT2D eigenvalue weighted by Gasteiger charge is -2.37. The van der Waals surface area contributed by atoms with E-state index in [1.54, 1.807) is 12.1 Å². The van der Waals surface area contributed by atoms with Crippen molar-refractivity contribution >= 4 is 21.8 Å². The second-order valence-electron chi connectivity index (χ2n) is 9.01. The maximum Gasteiger partial charge on any atom is 0.238 e. The summed E-state index contributed by atoms with van der Waals surface area (Å²) in [7, 11) is -3.70. The average Bonchev–Trinajstić information content (AvgIpc) is 3.08. The van der Waals surface area contributed by atoms with Gasteiger partial charge in [0, 0.05) is 45.8 Å². The smallest absolute Gasteiger partial charge is 0.238 e. The number of piperazine rings is 1. The van der Waals surface area contributed by atoms with Crippen LogP contribution in [0.3, 0.4) is 0 Å². The van der Waals surface area contributed by atoms with E-state index in [0.717, 1.165) is 57.7 Å². The Kier molecular flexibility index (Phi) is 9.25. The first-order valence-corrected chi connectivity index (χ1v) is 13.4. The Hall–Kier alpha value is -2.01. The number of likely N-dealkylation sites (tertiary alicyclic amines) is 1. The van der Waals surface area contributed by atoms with Gasteiger partial charge in [0.1, 0.15) is 0 Å². The number of rotatable bonds is 8. The molecule has 0 aliphatic carbocycles. The summed E-state index contributed by atoms with van der Waals surface area (Å²) < 4.78 is 22.6. The number of nitrogens with zero attached hydrogens (tertiary/aromatic N) is 3. The number of hydrogen-bond acceptors (Lipinski definition) is 6. The van der Waals surface area contributed by atoms with Crippen LogP contribution in [0.15, 0.2) is 29.2 Å². The van der Waals surface area contributed by atoms with Crippen LogP contribution >= 0.6 is 0 Å². The van der Waals surface area contributed by atoms with Crippen molar-refractivity contribution in [2.75, 3.05) is 52.4 Å². The quantitative estimate of drug-likeness (QED) is 0.558. The topological polar surface area (TPSA) is 116 Å². The zero-order valence-corrected chi connectivity index (χ0v) is 20.4. The standard InChI is InChI=1S/C23H37N5O4S/c1-19(23(30)25-11-10-20-6-8-21(9-7-20)33(24,31)32)27-16-14-26(15-17-27)18-22(29)28-12-4-2-3-5-13-28/h6-9,19H,2-5,10-18H2,1H3,(H,25,30)(H2,24,31,32)/t19-/m1/s1. The third-order valence-electron chi connectivity index (χ3n) is 6.62. The van der Waals surface area contributed by atoms with E-state index in [0.29, 0.717) is 19.5 Å². The molecule has 2 aliphatic rings. The number of nitrogens with one attached hydrogen (secondary N) is 1. The van der Waals surface area contributed by atoms with Crippen molar-refractivity contribution in [2.45, 2.75) is 50.0 Å². The van der Waals surface area contributed by atoms with Crippen molar-refractivity contribution < 1.29 is 18.0 Å². The van der Waals surface area contributed by atoms with E-state index in [1.165, 1.54) is 25.0 Å². The predicted molar refractivity (Wildman–Crippen MR) is 127 cm³/mol. The van der Waals surface area contributed by atoms with Crippen molar-refractivity contribution in [1.82, 2.24) is 20.0 Å². The van der Waals surface area contributed by atoms with Gasteiger partial charge < -0.3 is 10.2 Å². The van der Waals surface area contributed by atoms with Crippen LogP contribution in [0.5, 0.6) is 0 Å². The molecule has 2 amide bonds. The van der Waals surface area contributed by atoms with Gasteiger partial charge in [-0.3, -0.25) is 19.4 Å². The number of carbonyl (C=O) groups is 2. The van der Waals surface area contributed by atoms with E-state index < -0.39 is 10.0 Å². The van der Waals surface area contributed by atoms with Crippen LogP contribution in [0.2, 0.25) is 0 Å². The lowest BCUT2D eigenvalue weighted by Crippen LogP contribution is -2.55. The molecule has 0 spiro atoms. The van der Waals surface area contributed by atoms with E-state index >= 15 is 0 Å². The molecule has 1 aromatic rings. The van der Waals surface area contributed by atoms with Gasteiger partial charge in [0.25, 0.3) is 0 Å². The van der Waals surface area contributed by atoms with E-state index in [9.17, 15) is 18.0 Å². The Morgan fingerprint density at radius 3 is 2.15 bits per heavy atom. The summed E-state index contributed by atoms with van der Waals surface area (Å²) in [5.74, 6) is 0.207. The molecule has 0 saturated carbocycles. The molecule has 2 saturated heterocycles. The van der Waals surface area contributed by atoms with E-state index in [2.05, 4.69) is 15.1 Å². The minimum absolute atomic E-state index is 0.0229. The summed E-state index contributed by atoms with van der Waals surface area (Å²) in [6.45, 7) is 7.71. The molecule has 0 bridgehead atoms. The van der Waals surface area contributed by atoms with Crippen molar-refractivity contribution in [3.8, 4) is 0 Å². The molecule has 1 aromatic carbocycles. The summed E-state index contributed by atoms with van der Waals surface area (Å²) in [6, 6.07) is 6.14. The van der Waals surface area contributed by atoms with Crippen molar-refractivity contribution in [3.05, 3.63) is 29.8 Å². The molecule has 2 fully saturated rings. The molecular weight excluding hydrogens is 442 g/mol. The first-order valence-electron chi connectivity index (χ1n) is 11.9. The van der Waals surface area contributed by atoms with Gasteiger partial charge in [-0.1, -0.05) is 25.0 Å². The summed E-state index contributed by atoms with van der Waals surface area (Å²) in [6.07, 6.45) is 5.25. The molecule has 10 heteroatoms. The van der Waals surface area contributed by atoms with Gasteiger partial charge in [-0.2, -0.15) is 0 Å². The second kappa shape index (κ2) is 11.9. The highest BCUT2D eigenvalue weighted by Gasteiger charge is 2.27. The van der Waals surface area contributed by atoms with Gasteiger partial charge in [0.15, 0.2) is 0 Å². The van der Waals surface area contributed by atoms with Crippen LogP contribution in [0, 0.1) is 0 Å². The SMILES string of the molecule is C[C@H](C(=O)NCCc1ccc(S(N)(=O)=O)cc1)N1CCN(CC(=O)N2CCCCCC2)CC1. The zero-order chi connectivity index (χ0) is 23.8. The number of carbonyl (C=O) groups excluding carboxylic acids is 2. The Balaban J connectivity index is 1.36. The maximum absolute atomic E-state index is 12.6. The number of benzene rings is 1. The Morgan fingerprint density at radius 2 is 1.58 bits per heavy atom. The van der Waals surface area contributed by atoms with Crippen molar-refractivity contribution in [1.29, 1.82) is 0 Å². The van der Waals surface area contributed by atoms with Crippen LogP contribution in [0.4, 0.5) is 0 Å².